The van der Waals surface area contributed by atoms with Crippen molar-refractivity contribution in [3.8, 4) is 0 Å². The van der Waals surface area contributed by atoms with Crippen molar-refractivity contribution in [2.75, 3.05) is 23.3 Å². The van der Waals surface area contributed by atoms with Crippen molar-refractivity contribution in [3.63, 3.8) is 0 Å². The second-order valence-electron chi connectivity index (χ2n) is 7.58. The molecule has 158 valence electrons. The molecule has 30 heavy (non-hydrogen) atoms. The summed E-state index contributed by atoms with van der Waals surface area (Å²) in [6.45, 7) is 1.69. The van der Waals surface area contributed by atoms with Gasteiger partial charge in [-0.05, 0) is 25.0 Å². The highest BCUT2D eigenvalue weighted by Gasteiger charge is 2.39. The number of fused-ring (bicyclic) bond motifs is 3. The van der Waals surface area contributed by atoms with Crippen LogP contribution >= 0.6 is 0 Å². The zero-order valence-corrected chi connectivity index (χ0v) is 16.0. The van der Waals surface area contributed by atoms with Crippen LogP contribution < -0.4 is 15.5 Å². The number of hydrogen-bond acceptors (Lipinski definition) is 6. The first-order chi connectivity index (χ1) is 14.3. The van der Waals surface area contributed by atoms with E-state index in [9.17, 15) is 18.0 Å². The number of carbonyl (C=O) groups is 1. The van der Waals surface area contributed by atoms with Crippen LogP contribution in [0.25, 0.3) is 5.52 Å². The van der Waals surface area contributed by atoms with E-state index in [2.05, 4.69) is 30.7 Å². The van der Waals surface area contributed by atoms with Gasteiger partial charge in [-0.3, -0.25) is 9.48 Å². The number of aromatic nitrogens is 5. The number of hydrogen-bond donors (Lipinski definition) is 2. The normalized spacial score (nSPS) is 21.4. The lowest BCUT2D eigenvalue weighted by Gasteiger charge is -2.35. The molecule has 2 atom stereocenters. The number of anilines is 2. The summed E-state index contributed by atoms with van der Waals surface area (Å²) >= 11 is 0. The van der Waals surface area contributed by atoms with Gasteiger partial charge in [0.05, 0.1) is 17.4 Å². The zero-order chi connectivity index (χ0) is 21.0. The van der Waals surface area contributed by atoms with E-state index in [1.54, 1.807) is 12.3 Å². The molecule has 5 rings (SSSR count). The van der Waals surface area contributed by atoms with Crippen molar-refractivity contribution < 1.29 is 18.0 Å². The minimum atomic E-state index is -4.68. The Kier molecular flexibility index (Phi) is 4.20. The number of rotatable bonds is 3. The Morgan fingerprint density at radius 2 is 1.93 bits per heavy atom. The number of aryl methyl sites for hydroxylation is 1. The van der Waals surface area contributed by atoms with Crippen LogP contribution in [0.5, 0.6) is 0 Å². The third kappa shape index (κ3) is 3.07. The number of halogens is 3. The van der Waals surface area contributed by atoms with Gasteiger partial charge in [0.15, 0.2) is 5.69 Å². The van der Waals surface area contributed by atoms with E-state index in [1.165, 1.54) is 17.6 Å². The van der Waals surface area contributed by atoms with Gasteiger partial charge < -0.3 is 15.5 Å². The Bertz CT molecular complexity index is 1100. The number of alkyl halides is 3. The molecule has 3 aromatic rings. The predicted molar refractivity (Wildman–Crippen MR) is 101 cm³/mol. The van der Waals surface area contributed by atoms with Crippen molar-refractivity contribution in [1.29, 1.82) is 0 Å². The Morgan fingerprint density at radius 1 is 1.20 bits per heavy atom. The molecule has 5 heterocycles. The Morgan fingerprint density at radius 3 is 2.63 bits per heavy atom. The van der Waals surface area contributed by atoms with E-state index in [4.69, 9.17) is 0 Å². The van der Waals surface area contributed by atoms with Gasteiger partial charge in [0.2, 0.25) is 5.95 Å². The molecule has 9 nitrogen and oxygen atoms in total. The molecule has 0 saturated carbocycles. The van der Waals surface area contributed by atoms with Crippen LogP contribution in [0.3, 0.4) is 0 Å². The average molecular weight is 420 g/mol. The third-order valence-electron chi connectivity index (χ3n) is 5.58. The summed E-state index contributed by atoms with van der Waals surface area (Å²) in [5.74, 6) is -0.194. The van der Waals surface area contributed by atoms with E-state index in [0.29, 0.717) is 23.5 Å². The topological polar surface area (TPSA) is 92.4 Å². The van der Waals surface area contributed by atoms with Crippen LogP contribution in [0.15, 0.2) is 24.5 Å². The van der Waals surface area contributed by atoms with Crippen molar-refractivity contribution in [2.24, 2.45) is 7.05 Å². The highest BCUT2D eigenvalue weighted by Crippen LogP contribution is 2.34. The van der Waals surface area contributed by atoms with E-state index in [0.717, 1.165) is 36.8 Å². The smallest absolute Gasteiger partial charge is 0.331 e. The summed E-state index contributed by atoms with van der Waals surface area (Å²) < 4.78 is 42.0. The van der Waals surface area contributed by atoms with E-state index in [-0.39, 0.29) is 5.69 Å². The van der Waals surface area contributed by atoms with E-state index in [1.807, 2.05) is 0 Å². The van der Waals surface area contributed by atoms with Crippen LogP contribution in [0.4, 0.5) is 24.8 Å². The van der Waals surface area contributed by atoms with Gasteiger partial charge in [-0.25, -0.2) is 9.50 Å². The minimum Gasteiger partial charge on any atom is -0.331 e. The summed E-state index contributed by atoms with van der Waals surface area (Å²) in [6, 6.07) is 3.75. The fourth-order valence-electron chi connectivity index (χ4n) is 4.26. The van der Waals surface area contributed by atoms with Crippen LogP contribution in [0.2, 0.25) is 0 Å². The second kappa shape index (κ2) is 6.69. The summed E-state index contributed by atoms with van der Waals surface area (Å²) in [5, 5.41) is 13.6. The van der Waals surface area contributed by atoms with Crippen LogP contribution in [0, 0.1) is 0 Å². The molecule has 2 aliphatic rings. The maximum absolute atomic E-state index is 13.2. The highest BCUT2D eigenvalue weighted by atomic mass is 19.4. The van der Waals surface area contributed by atoms with Gasteiger partial charge >= 0.3 is 6.18 Å². The van der Waals surface area contributed by atoms with Crippen LogP contribution in [-0.4, -0.2) is 55.5 Å². The van der Waals surface area contributed by atoms with Gasteiger partial charge in [-0.15, -0.1) is 5.10 Å². The fourth-order valence-corrected chi connectivity index (χ4v) is 4.26. The van der Waals surface area contributed by atoms with Crippen molar-refractivity contribution >= 4 is 23.1 Å². The summed E-state index contributed by atoms with van der Waals surface area (Å²) in [7, 11) is 1.36. The van der Waals surface area contributed by atoms with Gasteiger partial charge in [-0.2, -0.15) is 18.3 Å². The molecule has 2 aliphatic heterocycles. The average Bonchev–Trinajstić information content (AvgIpc) is 3.34. The van der Waals surface area contributed by atoms with Gasteiger partial charge in [-0.1, -0.05) is 0 Å². The first-order valence-corrected chi connectivity index (χ1v) is 9.57. The third-order valence-corrected chi connectivity index (χ3v) is 5.58. The molecule has 12 heteroatoms. The largest absolute Gasteiger partial charge is 0.437 e. The minimum absolute atomic E-state index is 0.119. The monoisotopic (exact) mass is 420 g/mol. The number of nitrogens with zero attached hydrogens (tertiary/aromatic N) is 6. The van der Waals surface area contributed by atoms with Crippen molar-refractivity contribution in [1.82, 2.24) is 29.7 Å². The Hall–Kier alpha value is -3.15. The molecule has 0 aromatic carbocycles. The lowest BCUT2D eigenvalue weighted by atomic mass is 10.2. The van der Waals surface area contributed by atoms with Crippen LogP contribution in [-0.2, 0) is 13.2 Å². The Labute approximate surface area is 168 Å². The molecule has 2 N–H and O–H groups in total. The molecule has 0 radical (unpaired) electrons. The zero-order valence-electron chi connectivity index (χ0n) is 16.0. The molecule has 2 saturated heterocycles. The molecule has 2 bridgehead atoms. The standard InChI is InChI=1S/C18H19F3N8O/c1-27-9-13(15(25-27)18(19,20)21)24-16(30)14-5-4-12-8-23-17(26-29(12)14)28-10-2-3-11(28)7-22-6-10/h4-5,8-11,22H,2-3,6-7H2,1H3,(H,24,30). The first-order valence-electron chi connectivity index (χ1n) is 9.57. The number of nitrogens with one attached hydrogen (secondary N) is 2. The van der Waals surface area contributed by atoms with Gasteiger partial charge in [0, 0.05) is 38.4 Å². The lowest BCUT2D eigenvalue weighted by molar-refractivity contribution is -0.140. The SMILES string of the molecule is Cn1cc(NC(=O)c2ccc3cnc(N4C5CCC4CNC5)nn23)c(C(F)(F)F)n1. The molecular weight excluding hydrogens is 401 g/mol. The predicted octanol–water partition coefficient (Wildman–Crippen LogP) is 1.67. The summed E-state index contributed by atoms with van der Waals surface area (Å²) in [5.41, 5.74) is -0.854. The first kappa shape index (κ1) is 18.9. The Balaban J connectivity index is 1.47. The fraction of sp³-hybridized carbons (Fsp3) is 0.444. The molecule has 1 amide bonds. The molecule has 0 aliphatic carbocycles. The van der Waals surface area contributed by atoms with Crippen molar-refractivity contribution in [2.45, 2.75) is 31.1 Å². The summed E-state index contributed by atoms with van der Waals surface area (Å²) in [4.78, 5) is 19.4. The van der Waals surface area contributed by atoms with E-state index >= 15 is 0 Å². The molecular formula is C18H19F3N8O. The lowest BCUT2D eigenvalue weighted by Crippen LogP contribution is -2.52. The van der Waals surface area contributed by atoms with Crippen LogP contribution in [0.1, 0.15) is 29.0 Å². The molecule has 0 spiro atoms. The molecule has 3 aromatic heterocycles. The summed E-state index contributed by atoms with van der Waals surface area (Å²) in [6.07, 6.45) is 0.141. The van der Waals surface area contributed by atoms with Crippen molar-refractivity contribution in [3.05, 3.63) is 35.9 Å². The maximum atomic E-state index is 13.2. The number of carbonyl (C=O) groups excluding carboxylic acids is 1. The van der Waals surface area contributed by atoms with E-state index < -0.39 is 23.5 Å². The maximum Gasteiger partial charge on any atom is 0.437 e. The quantitative estimate of drug-likeness (QED) is 0.670. The highest BCUT2D eigenvalue weighted by molar-refractivity contribution is 6.04. The molecule has 2 fully saturated rings. The van der Waals surface area contributed by atoms with Gasteiger partial charge in [0.25, 0.3) is 5.91 Å². The number of amides is 1. The number of piperazine rings is 1. The van der Waals surface area contributed by atoms with Gasteiger partial charge in [0.1, 0.15) is 5.69 Å². The second-order valence-corrected chi connectivity index (χ2v) is 7.58. The molecule has 2 unspecified atom stereocenters.